The van der Waals surface area contributed by atoms with Crippen molar-refractivity contribution in [3.8, 4) is 34.2 Å². The molecular weight excluding hydrogens is 476 g/mol. The van der Waals surface area contributed by atoms with Crippen molar-refractivity contribution in [3.05, 3.63) is 39.7 Å². The van der Waals surface area contributed by atoms with Crippen molar-refractivity contribution in [1.82, 2.24) is 20.3 Å². The van der Waals surface area contributed by atoms with Gasteiger partial charge in [-0.15, -0.1) is 22.7 Å². The third-order valence-corrected chi connectivity index (χ3v) is 5.81. The van der Waals surface area contributed by atoms with Gasteiger partial charge in [-0.1, -0.05) is 0 Å². The number of nitrogens with zero attached hydrogens (tertiary/aromatic N) is 5. The number of rotatable bonds is 7. The lowest BCUT2D eigenvalue weighted by Gasteiger charge is -2.22. The predicted octanol–water partition coefficient (Wildman–Crippen LogP) is 3.70. The molecule has 0 aliphatic carbocycles. The molecule has 1 amide bonds. The lowest BCUT2D eigenvalue weighted by molar-refractivity contribution is -0.144. The van der Waals surface area contributed by atoms with E-state index in [1.165, 1.54) is 22.7 Å². The Morgan fingerprint density at radius 3 is 2.65 bits per heavy atom. The monoisotopic (exact) mass is 496 g/mol. The lowest BCUT2D eigenvalue weighted by atomic mass is 10.2. The van der Waals surface area contributed by atoms with E-state index in [1.807, 2.05) is 0 Å². The number of esters is 1. The minimum absolute atomic E-state index is 0.0469. The first kappa shape index (κ1) is 24.8. The molecule has 0 radical (unpaired) electrons. The van der Waals surface area contributed by atoms with Crippen LogP contribution in [0.2, 0.25) is 0 Å². The number of pyridine rings is 1. The molecule has 0 saturated carbocycles. The molecular formula is C22H20N6O4S2. The molecule has 0 unspecified atom stereocenters. The number of hydrogen-bond acceptors (Lipinski definition) is 11. The van der Waals surface area contributed by atoms with E-state index in [4.69, 9.17) is 14.7 Å². The molecule has 0 aliphatic rings. The number of thiazole rings is 2. The second kappa shape index (κ2) is 10.8. The first-order valence-electron chi connectivity index (χ1n) is 9.99. The van der Waals surface area contributed by atoms with Gasteiger partial charge in [0.25, 0.3) is 0 Å². The van der Waals surface area contributed by atoms with Gasteiger partial charge in [0, 0.05) is 23.4 Å². The molecule has 3 aromatic heterocycles. The molecule has 10 nitrogen and oxygen atoms in total. The quantitative estimate of drug-likeness (QED) is 0.483. The average molecular weight is 497 g/mol. The number of ether oxygens (including phenoxy) is 2. The van der Waals surface area contributed by atoms with Gasteiger partial charge < -0.3 is 14.8 Å². The summed E-state index contributed by atoms with van der Waals surface area (Å²) in [6.07, 6.45) is 0.862. The third-order valence-electron chi connectivity index (χ3n) is 4.08. The molecule has 0 bridgehead atoms. The Kier molecular flexibility index (Phi) is 7.89. The number of alkyl carbamates (subject to hydrolysis) is 1. The Bertz CT molecular complexity index is 1270. The standard InChI is InChI=1S/C22H20N6O4S2/c1-22(2,3)32-21(30)28-14(20(29)31-8-6-23)9-17-26-16(12-33-17)19-27-15(11-34-19)18-13(10-24)5-4-7-25-18/h4-5,7,11-12,14H,8-9H2,1-3H3,(H,28,30)/t14-/m0/s1. The highest BCUT2D eigenvalue weighted by Gasteiger charge is 2.27. The second-order valence-corrected chi connectivity index (χ2v) is 9.65. The summed E-state index contributed by atoms with van der Waals surface area (Å²) in [7, 11) is 0. The van der Waals surface area contributed by atoms with Gasteiger partial charge in [0.05, 0.1) is 10.6 Å². The molecule has 0 saturated heterocycles. The maximum Gasteiger partial charge on any atom is 0.408 e. The van der Waals surface area contributed by atoms with E-state index in [-0.39, 0.29) is 6.42 Å². The number of nitriles is 2. The minimum atomic E-state index is -1.08. The van der Waals surface area contributed by atoms with Crippen LogP contribution in [0.25, 0.3) is 22.1 Å². The van der Waals surface area contributed by atoms with Crippen LogP contribution in [0.15, 0.2) is 29.1 Å². The Hall–Kier alpha value is -3.87. The van der Waals surface area contributed by atoms with Crippen LogP contribution >= 0.6 is 22.7 Å². The molecule has 0 spiro atoms. The van der Waals surface area contributed by atoms with Gasteiger partial charge in [-0.2, -0.15) is 10.5 Å². The normalized spacial score (nSPS) is 11.7. The number of aromatic nitrogens is 3. The van der Waals surface area contributed by atoms with Crippen LogP contribution in [0.4, 0.5) is 4.79 Å². The van der Waals surface area contributed by atoms with Crippen LogP contribution in [0.5, 0.6) is 0 Å². The van der Waals surface area contributed by atoms with Crippen LogP contribution < -0.4 is 5.32 Å². The van der Waals surface area contributed by atoms with Gasteiger partial charge in [-0.3, -0.25) is 4.98 Å². The molecule has 3 rings (SSSR count). The Morgan fingerprint density at radius 2 is 1.94 bits per heavy atom. The molecule has 174 valence electrons. The summed E-state index contributed by atoms with van der Waals surface area (Å²) >= 11 is 2.64. The van der Waals surface area contributed by atoms with Crippen molar-refractivity contribution in [2.24, 2.45) is 0 Å². The highest BCUT2D eigenvalue weighted by Crippen LogP contribution is 2.30. The van der Waals surface area contributed by atoms with E-state index in [9.17, 15) is 14.9 Å². The van der Waals surface area contributed by atoms with E-state index < -0.39 is 30.3 Å². The van der Waals surface area contributed by atoms with Crippen LogP contribution in [0.1, 0.15) is 31.3 Å². The molecule has 12 heteroatoms. The molecule has 0 aliphatic heterocycles. The van der Waals surface area contributed by atoms with Gasteiger partial charge in [0.2, 0.25) is 0 Å². The van der Waals surface area contributed by atoms with Gasteiger partial charge in [-0.25, -0.2) is 19.6 Å². The summed E-state index contributed by atoms with van der Waals surface area (Å²) in [4.78, 5) is 37.9. The van der Waals surface area contributed by atoms with Crippen LogP contribution in [0.3, 0.4) is 0 Å². The summed E-state index contributed by atoms with van der Waals surface area (Å²) < 4.78 is 10.1. The van der Waals surface area contributed by atoms with Crippen molar-refractivity contribution in [3.63, 3.8) is 0 Å². The highest BCUT2D eigenvalue weighted by atomic mass is 32.1. The first-order chi connectivity index (χ1) is 16.2. The Labute approximate surface area is 203 Å². The van der Waals surface area contributed by atoms with Gasteiger partial charge >= 0.3 is 12.1 Å². The maximum absolute atomic E-state index is 12.4. The number of hydrogen-bond donors (Lipinski definition) is 1. The molecule has 1 N–H and O–H groups in total. The largest absolute Gasteiger partial charge is 0.449 e. The topological polar surface area (TPSA) is 151 Å². The maximum atomic E-state index is 12.4. The second-order valence-electron chi connectivity index (χ2n) is 7.84. The van der Waals surface area contributed by atoms with Crippen molar-refractivity contribution in [1.29, 1.82) is 10.5 Å². The van der Waals surface area contributed by atoms with Crippen molar-refractivity contribution < 1.29 is 19.1 Å². The van der Waals surface area contributed by atoms with Gasteiger partial charge in [0.15, 0.2) is 6.61 Å². The van der Waals surface area contributed by atoms with Crippen LogP contribution in [-0.2, 0) is 20.7 Å². The third kappa shape index (κ3) is 6.57. The number of nitrogens with one attached hydrogen (secondary N) is 1. The fraction of sp³-hybridized carbons (Fsp3) is 0.318. The highest BCUT2D eigenvalue weighted by molar-refractivity contribution is 7.14. The van der Waals surface area contributed by atoms with Crippen molar-refractivity contribution >= 4 is 34.7 Å². The number of amides is 1. The molecule has 0 aromatic carbocycles. The molecule has 3 aromatic rings. The predicted molar refractivity (Wildman–Crippen MR) is 125 cm³/mol. The Balaban J connectivity index is 1.77. The zero-order chi connectivity index (χ0) is 24.7. The average Bonchev–Trinajstić information content (AvgIpc) is 3.45. The zero-order valence-corrected chi connectivity index (χ0v) is 20.2. The van der Waals surface area contributed by atoms with E-state index in [0.717, 1.165) is 0 Å². The van der Waals surface area contributed by atoms with E-state index in [0.29, 0.717) is 32.7 Å². The summed E-state index contributed by atoms with van der Waals surface area (Å²) in [5.41, 5.74) is 1.32. The number of carbonyl (C=O) groups is 2. The van der Waals surface area contributed by atoms with E-state index in [2.05, 4.69) is 26.3 Å². The lowest BCUT2D eigenvalue weighted by Crippen LogP contribution is -2.45. The molecule has 0 fully saturated rings. The van der Waals surface area contributed by atoms with Crippen LogP contribution in [-0.4, -0.2) is 45.3 Å². The Morgan fingerprint density at radius 1 is 1.18 bits per heavy atom. The SMILES string of the molecule is CC(C)(C)OC(=O)N[C@@H](Cc1nc(-c2nc(-c3ncccc3C#N)cs2)cs1)C(=O)OCC#N. The summed E-state index contributed by atoms with van der Waals surface area (Å²) in [6.45, 7) is 4.68. The fourth-order valence-electron chi connectivity index (χ4n) is 2.72. The zero-order valence-electron chi connectivity index (χ0n) is 18.6. The number of carbonyl (C=O) groups excluding carboxylic acids is 2. The van der Waals surface area contributed by atoms with Gasteiger partial charge in [-0.05, 0) is 32.9 Å². The summed E-state index contributed by atoms with van der Waals surface area (Å²) in [5.74, 6) is -0.764. The minimum Gasteiger partial charge on any atom is -0.449 e. The van der Waals surface area contributed by atoms with Gasteiger partial charge in [0.1, 0.15) is 45.9 Å². The van der Waals surface area contributed by atoms with Crippen molar-refractivity contribution in [2.45, 2.75) is 38.8 Å². The molecule has 34 heavy (non-hydrogen) atoms. The van der Waals surface area contributed by atoms with Crippen LogP contribution in [0, 0.1) is 22.7 Å². The summed E-state index contributed by atoms with van der Waals surface area (Å²) in [5, 5.41) is 25.2. The smallest absolute Gasteiger partial charge is 0.408 e. The van der Waals surface area contributed by atoms with Crippen molar-refractivity contribution in [2.75, 3.05) is 6.61 Å². The van der Waals surface area contributed by atoms with E-state index in [1.54, 1.807) is 55.9 Å². The summed E-state index contributed by atoms with van der Waals surface area (Å²) in [6, 6.07) is 6.11. The van der Waals surface area contributed by atoms with E-state index >= 15 is 0 Å². The fourth-order valence-corrected chi connectivity index (χ4v) is 4.39. The molecule has 1 atom stereocenters. The molecule has 3 heterocycles. The first-order valence-corrected chi connectivity index (χ1v) is 11.7.